The summed E-state index contributed by atoms with van der Waals surface area (Å²) in [6.07, 6.45) is 3.56. The van der Waals surface area contributed by atoms with Crippen molar-refractivity contribution in [3.8, 4) is 5.75 Å². The predicted molar refractivity (Wildman–Crippen MR) is 77.2 cm³/mol. The van der Waals surface area contributed by atoms with Crippen molar-refractivity contribution in [3.63, 3.8) is 0 Å². The Morgan fingerprint density at radius 2 is 1.90 bits per heavy atom. The first-order chi connectivity index (χ1) is 9.79. The summed E-state index contributed by atoms with van der Waals surface area (Å²) in [5, 5.41) is 2.88. The quantitative estimate of drug-likeness (QED) is 0.877. The average Bonchev–Trinajstić information content (AvgIpc) is 2.52. The number of amides is 1. The first-order valence-corrected chi connectivity index (χ1v) is 6.68. The molecule has 0 aliphatic rings. The zero-order valence-corrected chi connectivity index (χ0v) is 11.5. The fraction of sp³-hybridized carbons (Fsp3) is 0.250. The van der Waals surface area contributed by atoms with E-state index in [0.29, 0.717) is 18.7 Å². The van der Waals surface area contributed by atoms with Crippen molar-refractivity contribution in [2.75, 3.05) is 0 Å². The summed E-state index contributed by atoms with van der Waals surface area (Å²) in [4.78, 5) is 16.0. The maximum Gasteiger partial charge on any atom is 0.261 e. The summed E-state index contributed by atoms with van der Waals surface area (Å²) in [7, 11) is 0. The fourth-order valence-electron chi connectivity index (χ4n) is 1.79. The molecule has 1 N–H and O–H groups in total. The van der Waals surface area contributed by atoms with E-state index in [0.717, 1.165) is 5.56 Å². The molecule has 1 heterocycles. The van der Waals surface area contributed by atoms with E-state index in [1.165, 1.54) is 0 Å². The number of rotatable bonds is 6. The molecule has 1 amide bonds. The summed E-state index contributed by atoms with van der Waals surface area (Å²) in [6.45, 7) is 2.41. The maximum absolute atomic E-state index is 12.1. The number of pyridine rings is 1. The van der Waals surface area contributed by atoms with Gasteiger partial charge in [0.2, 0.25) is 0 Å². The molecule has 0 bridgehead atoms. The zero-order valence-electron chi connectivity index (χ0n) is 11.5. The maximum atomic E-state index is 12.1. The van der Waals surface area contributed by atoms with Gasteiger partial charge in [-0.3, -0.25) is 9.78 Å². The summed E-state index contributed by atoms with van der Waals surface area (Å²) in [6, 6.07) is 13.1. The Labute approximate surface area is 118 Å². The molecule has 0 radical (unpaired) electrons. The molecule has 0 aliphatic heterocycles. The molecule has 20 heavy (non-hydrogen) atoms. The Kier molecular flexibility index (Phi) is 5.12. The van der Waals surface area contributed by atoms with Gasteiger partial charge in [-0.1, -0.05) is 25.1 Å². The highest BCUT2D eigenvalue weighted by molar-refractivity contribution is 5.81. The van der Waals surface area contributed by atoms with Gasteiger partial charge in [-0.05, 0) is 36.2 Å². The SMILES string of the molecule is CC[C@H](Oc1ccccc1)C(=O)NCc1ccncc1. The van der Waals surface area contributed by atoms with Gasteiger partial charge in [0.1, 0.15) is 5.75 Å². The molecule has 2 aromatic rings. The Bertz CT molecular complexity index is 529. The van der Waals surface area contributed by atoms with Crippen molar-refractivity contribution >= 4 is 5.91 Å². The minimum atomic E-state index is -0.473. The Morgan fingerprint density at radius 1 is 1.20 bits per heavy atom. The number of nitrogens with zero attached hydrogens (tertiary/aromatic N) is 1. The van der Waals surface area contributed by atoms with Gasteiger partial charge in [-0.15, -0.1) is 0 Å². The molecule has 104 valence electrons. The van der Waals surface area contributed by atoms with Crippen LogP contribution in [0.2, 0.25) is 0 Å². The molecule has 0 unspecified atom stereocenters. The van der Waals surface area contributed by atoms with Crippen LogP contribution in [0.1, 0.15) is 18.9 Å². The Morgan fingerprint density at radius 3 is 2.55 bits per heavy atom. The lowest BCUT2D eigenvalue weighted by Crippen LogP contribution is -2.37. The predicted octanol–water partition coefficient (Wildman–Crippen LogP) is 2.56. The van der Waals surface area contributed by atoms with Crippen molar-refractivity contribution in [3.05, 3.63) is 60.4 Å². The molecule has 0 saturated carbocycles. The number of nitrogens with one attached hydrogen (secondary N) is 1. The smallest absolute Gasteiger partial charge is 0.261 e. The van der Waals surface area contributed by atoms with Gasteiger partial charge in [0.15, 0.2) is 6.10 Å². The largest absolute Gasteiger partial charge is 0.481 e. The van der Waals surface area contributed by atoms with E-state index in [-0.39, 0.29) is 5.91 Å². The normalized spacial score (nSPS) is 11.7. The van der Waals surface area contributed by atoms with Gasteiger partial charge in [0, 0.05) is 18.9 Å². The van der Waals surface area contributed by atoms with E-state index in [9.17, 15) is 4.79 Å². The molecular formula is C16H18N2O2. The Balaban J connectivity index is 1.89. The highest BCUT2D eigenvalue weighted by Gasteiger charge is 2.17. The third kappa shape index (κ3) is 4.09. The van der Waals surface area contributed by atoms with Gasteiger partial charge >= 0.3 is 0 Å². The third-order valence-corrected chi connectivity index (χ3v) is 2.90. The van der Waals surface area contributed by atoms with Crippen LogP contribution in [0, 0.1) is 0 Å². The van der Waals surface area contributed by atoms with Crippen LogP contribution < -0.4 is 10.1 Å². The molecule has 4 nitrogen and oxygen atoms in total. The van der Waals surface area contributed by atoms with Crippen LogP contribution >= 0.6 is 0 Å². The molecule has 1 aromatic heterocycles. The summed E-state index contributed by atoms with van der Waals surface area (Å²) in [5.41, 5.74) is 1.02. The molecule has 0 aliphatic carbocycles. The van der Waals surface area contributed by atoms with Crippen molar-refractivity contribution in [2.24, 2.45) is 0 Å². The highest BCUT2D eigenvalue weighted by Crippen LogP contribution is 2.12. The molecule has 4 heteroatoms. The summed E-state index contributed by atoms with van der Waals surface area (Å²) < 4.78 is 5.69. The minimum Gasteiger partial charge on any atom is -0.481 e. The van der Waals surface area contributed by atoms with Crippen LogP contribution in [-0.2, 0) is 11.3 Å². The molecule has 1 atom stereocenters. The highest BCUT2D eigenvalue weighted by atomic mass is 16.5. The monoisotopic (exact) mass is 270 g/mol. The van der Waals surface area contributed by atoms with Crippen molar-refractivity contribution in [1.82, 2.24) is 10.3 Å². The van der Waals surface area contributed by atoms with Crippen LogP contribution in [0.4, 0.5) is 0 Å². The second kappa shape index (κ2) is 7.28. The van der Waals surface area contributed by atoms with Crippen LogP contribution in [-0.4, -0.2) is 17.0 Å². The lowest BCUT2D eigenvalue weighted by Gasteiger charge is -2.17. The van der Waals surface area contributed by atoms with Gasteiger partial charge in [0.25, 0.3) is 5.91 Å². The fourth-order valence-corrected chi connectivity index (χ4v) is 1.79. The number of benzene rings is 1. The molecule has 0 saturated heterocycles. The van der Waals surface area contributed by atoms with E-state index >= 15 is 0 Å². The molecule has 2 rings (SSSR count). The van der Waals surface area contributed by atoms with Crippen molar-refractivity contribution in [1.29, 1.82) is 0 Å². The van der Waals surface area contributed by atoms with Gasteiger partial charge < -0.3 is 10.1 Å². The van der Waals surface area contributed by atoms with Gasteiger partial charge in [0.05, 0.1) is 0 Å². The zero-order chi connectivity index (χ0) is 14.2. The van der Waals surface area contributed by atoms with Crippen LogP contribution in [0.5, 0.6) is 5.75 Å². The van der Waals surface area contributed by atoms with Crippen LogP contribution in [0.15, 0.2) is 54.9 Å². The molecular weight excluding hydrogens is 252 g/mol. The molecule has 0 fully saturated rings. The second-order valence-corrected chi connectivity index (χ2v) is 4.40. The summed E-state index contributed by atoms with van der Waals surface area (Å²) in [5.74, 6) is 0.603. The number of para-hydroxylation sites is 1. The lowest BCUT2D eigenvalue weighted by molar-refractivity contribution is -0.128. The van der Waals surface area contributed by atoms with E-state index in [4.69, 9.17) is 4.74 Å². The number of carbonyl (C=O) groups is 1. The van der Waals surface area contributed by atoms with Crippen molar-refractivity contribution in [2.45, 2.75) is 26.0 Å². The minimum absolute atomic E-state index is 0.104. The Hall–Kier alpha value is -2.36. The second-order valence-electron chi connectivity index (χ2n) is 4.40. The number of carbonyl (C=O) groups excluding carboxylic acids is 1. The lowest BCUT2D eigenvalue weighted by atomic mass is 10.2. The van der Waals surface area contributed by atoms with Crippen LogP contribution in [0.3, 0.4) is 0 Å². The number of hydrogen-bond acceptors (Lipinski definition) is 3. The third-order valence-electron chi connectivity index (χ3n) is 2.90. The van der Waals surface area contributed by atoms with E-state index in [1.54, 1.807) is 12.4 Å². The van der Waals surface area contributed by atoms with E-state index in [1.807, 2.05) is 49.4 Å². The van der Waals surface area contributed by atoms with E-state index in [2.05, 4.69) is 10.3 Å². The van der Waals surface area contributed by atoms with Crippen molar-refractivity contribution < 1.29 is 9.53 Å². The molecule has 0 spiro atoms. The van der Waals surface area contributed by atoms with Gasteiger partial charge in [-0.2, -0.15) is 0 Å². The first kappa shape index (κ1) is 14.1. The standard InChI is InChI=1S/C16H18N2O2/c1-2-15(20-14-6-4-3-5-7-14)16(19)18-12-13-8-10-17-11-9-13/h3-11,15H,2,12H2,1H3,(H,18,19)/t15-/m0/s1. The number of ether oxygens (including phenoxy) is 1. The number of hydrogen-bond donors (Lipinski definition) is 1. The first-order valence-electron chi connectivity index (χ1n) is 6.68. The molecule has 1 aromatic carbocycles. The van der Waals surface area contributed by atoms with E-state index < -0.39 is 6.10 Å². The summed E-state index contributed by atoms with van der Waals surface area (Å²) >= 11 is 0. The number of aromatic nitrogens is 1. The van der Waals surface area contributed by atoms with Gasteiger partial charge in [-0.25, -0.2) is 0 Å². The average molecular weight is 270 g/mol. The topological polar surface area (TPSA) is 51.2 Å². The van der Waals surface area contributed by atoms with Crippen LogP contribution in [0.25, 0.3) is 0 Å².